The van der Waals surface area contributed by atoms with Crippen LogP contribution in [0.2, 0.25) is 0 Å². The lowest BCUT2D eigenvalue weighted by Gasteiger charge is -2.12. The van der Waals surface area contributed by atoms with Gasteiger partial charge in [-0.1, -0.05) is 17.8 Å². The molecule has 0 spiro atoms. The van der Waals surface area contributed by atoms with Crippen molar-refractivity contribution in [1.29, 1.82) is 0 Å². The van der Waals surface area contributed by atoms with Crippen LogP contribution in [0.4, 0.5) is 17.6 Å². The van der Waals surface area contributed by atoms with Gasteiger partial charge >= 0.3 is 6.18 Å². The van der Waals surface area contributed by atoms with E-state index in [-0.39, 0.29) is 6.61 Å². The SMILES string of the molecule is OCc1ccc(C(F)(F)F)cc1Sc1ccc(F)cc1. The normalized spacial score (nSPS) is 11.7. The van der Waals surface area contributed by atoms with Gasteiger partial charge in [-0.3, -0.25) is 0 Å². The van der Waals surface area contributed by atoms with Gasteiger partial charge in [-0.2, -0.15) is 13.2 Å². The summed E-state index contributed by atoms with van der Waals surface area (Å²) in [6, 6.07) is 8.57. The maximum atomic E-state index is 12.8. The van der Waals surface area contributed by atoms with Gasteiger partial charge in [0.1, 0.15) is 5.82 Å². The molecule has 0 fully saturated rings. The summed E-state index contributed by atoms with van der Waals surface area (Å²) in [5.74, 6) is -0.416. The molecule has 0 aliphatic carbocycles. The zero-order valence-electron chi connectivity index (χ0n) is 10.1. The van der Waals surface area contributed by atoms with E-state index in [0.29, 0.717) is 15.4 Å². The molecule has 0 radical (unpaired) electrons. The van der Waals surface area contributed by atoms with E-state index in [1.165, 1.54) is 30.3 Å². The summed E-state index contributed by atoms with van der Waals surface area (Å²) in [5, 5.41) is 9.18. The van der Waals surface area contributed by atoms with E-state index in [2.05, 4.69) is 0 Å². The Labute approximate surface area is 117 Å². The Balaban J connectivity index is 2.35. The monoisotopic (exact) mass is 302 g/mol. The van der Waals surface area contributed by atoms with Crippen LogP contribution >= 0.6 is 11.8 Å². The Morgan fingerprint density at radius 2 is 1.65 bits per heavy atom. The fourth-order valence-corrected chi connectivity index (χ4v) is 2.56. The molecule has 0 unspecified atom stereocenters. The average molecular weight is 302 g/mol. The molecule has 0 saturated carbocycles. The largest absolute Gasteiger partial charge is 0.416 e. The Hall–Kier alpha value is -1.53. The molecule has 0 heterocycles. The minimum Gasteiger partial charge on any atom is -0.392 e. The first-order valence-corrected chi connectivity index (χ1v) is 6.46. The first-order chi connectivity index (χ1) is 9.40. The van der Waals surface area contributed by atoms with Crippen molar-refractivity contribution in [3.05, 3.63) is 59.4 Å². The first-order valence-electron chi connectivity index (χ1n) is 5.64. The number of alkyl halides is 3. The molecule has 1 nitrogen and oxygen atoms in total. The molecule has 0 aliphatic heterocycles. The fourth-order valence-electron chi connectivity index (χ4n) is 1.59. The molecule has 6 heteroatoms. The molecule has 0 bridgehead atoms. The average Bonchev–Trinajstić information content (AvgIpc) is 2.40. The molecule has 2 aromatic carbocycles. The van der Waals surface area contributed by atoms with Crippen molar-refractivity contribution in [3.63, 3.8) is 0 Å². The summed E-state index contributed by atoms with van der Waals surface area (Å²) in [6.45, 7) is -0.359. The molecule has 0 atom stereocenters. The molecule has 0 saturated heterocycles. The smallest absolute Gasteiger partial charge is 0.392 e. The summed E-state index contributed by atoms with van der Waals surface area (Å²) in [5.41, 5.74) is -0.383. The van der Waals surface area contributed by atoms with Crippen molar-refractivity contribution < 1.29 is 22.7 Å². The molecule has 1 N–H and O–H groups in total. The van der Waals surface area contributed by atoms with E-state index < -0.39 is 17.6 Å². The van der Waals surface area contributed by atoms with Gasteiger partial charge in [0, 0.05) is 9.79 Å². The quantitative estimate of drug-likeness (QED) is 0.843. The van der Waals surface area contributed by atoms with Crippen molar-refractivity contribution >= 4 is 11.8 Å². The minimum absolute atomic E-state index is 0.300. The van der Waals surface area contributed by atoms with Crippen LogP contribution in [0.1, 0.15) is 11.1 Å². The van der Waals surface area contributed by atoms with Gasteiger partial charge in [-0.05, 0) is 42.0 Å². The highest BCUT2D eigenvalue weighted by molar-refractivity contribution is 7.99. The second kappa shape index (κ2) is 5.85. The second-order valence-electron chi connectivity index (χ2n) is 4.03. The predicted octanol–water partition coefficient (Wildman–Crippen LogP) is 4.49. The predicted molar refractivity (Wildman–Crippen MR) is 67.9 cm³/mol. The third-order valence-corrected chi connectivity index (χ3v) is 3.71. The number of rotatable bonds is 3. The molecule has 0 amide bonds. The van der Waals surface area contributed by atoms with Crippen LogP contribution < -0.4 is 0 Å². The van der Waals surface area contributed by atoms with E-state index in [1.54, 1.807) is 0 Å². The highest BCUT2D eigenvalue weighted by Crippen LogP contribution is 2.36. The Kier molecular flexibility index (Phi) is 4.35. The van der Waals surface area contributed by atoms with Crippen molar-refractivity contribution in [3.8, 4) is 0 Å². The molecular formula is C14H10F4OS. The Morgan fingerprint density at radius 1 is 1.00 bits per heavy atom. The van der Waals surface area contributed by atoms with Crippen LogP contribution in [0, 0.1) is 5.82 Å². The van der Waals surface area contributed by atoms with Crippen molar-refractivity contribution in [1.82, 2.24) is 0 Å². The molecule has 2 rings (SSSR count). The van der Waals surface area contributed by atoms with Crippen LogP contribution in [0.25, 0.3) is 0 Å². The second-order valence-corrected chi connectivity index (χ2v) is 5.15. The Morgan fingerprint density at radius 3 is 2.20 bits per heavy atom. The molecule has 0 aliphatic rings. The van der Waals surface area contributed by atoms with Gasteiger partial charge < -0.3 is 5.11 Å². The van der Waals surface area contributed by atoms with E-state index in [9.17, 15) is 22.7 Å². The highest BCUT2D eigenvalue weighted by atomic mass is 32.2. The van der Waals surface area contributed by atoms with Crippen molar-refractivity contribution in [2.24, 2.45) is 0 Å². The number of hydrogen-bond donors (Lipinski definition) is 1. The maximum absolute atomic E-state index is 12.8. The van der Waals surface area contributed by atoms with Crippen LogP contribution in [-0.4, -0.2) is 5.11 Å². The first kappa shape index (κ1) is 14.9. The lowest BCUT2D eigenvalue weighted by atomic mass is 10.1. The molecular weight excluding hydrogens is 292 g/mol. The minimum atomic E-state index is -4.44. The summed E-state index contributed by atoms with van der Waals surface area (Å²) in [7, 11) is 0. The summed E-state index contributed by atoms with van der Waals surface area (Å²) < 4.78 is 50.8. The van der Waals surface area contributed by atoms with Crippen LogP contribution in [-0.2, 0) is 12.8 Å². The van der Waals surface area contributed by atoms with Gasteiger partial charge in [0.05, 0.1) is 12.2 Å². The van der Waals surface area contributed by atoms with Crippen LogP contribution in [0.15, 0.2) is 52.3 Å². The highest BCUT2D eigenvalue weighted by Gasteiger charge is 2.31. The zero-order valence-corrected chi connectivity index (χ0v) is 10.9. The van der Waals surface area contributed by atoms with Crippen LogP contribution in [0.3, 0.4) is 0 Å². The van der Waals surface area contributed by atoms with Crippen LogP contribution in [0.5, 0.6) is 0 Å². The van der Waals surface area contributed by atoms with E-state index >= 15 is 0 Å². The maximum Gasteiger partial charge on any atom is 0.416 e. The molecule has 20 heavy (non-hydrogen) atoms. The number of aliphatic hydroxyl groups excluding tert-OH is 1. The summed E-state index contributed by atoms with van der Waals surface area (Å²) >= 11 is 1.05. The number of benzene rings is 2. The third-order valence-electron chi connectivity index (χ3n) is 2.61. The molecule has 0 aromatic heterocycles. The molecule has 2 aromatic rings. The topological polar surface area (TPSA) is 20.2 Å². The van der Waals surface area contributed by atoms with E-state index in [1.807, 2.05) is 0 Å². The van der Waals surface area contributed by atoms with Crippen molar-refractivity contribution in [2.45, 2.75) is 22.6 Å². The number of halogens is 4. The van der Waals surface area contributed by atoms with E-state index in [0.717, 1.165) is 23.9 Å². The Bertz CT molecular complexity index is 593. The van der Waals surface area contributed by atoms with Crippen molar-refractivity contribution in [2.75, 3.05) is 0 Å². The fraction of sp³-hybridized carbons (Fsp3) is 0.143. The summed E-state index contributed by atoms with van der Waals surface area (Å²) in [4.78, 5) is 0.898. The third kappa shape index (κ3) is 3.52. The number of hydrogen-bond acceptors (Lipinski definition) is 2. The van der Waals surface area contributed by atoms with Gasteiger partial charge in [0.25, 0.3) is 0 Å². The van der Waals surface area contributed by atoms with Gasteiger partial charge in [-0.25, -0.2) is 4.39 Å². The molecule has 106 valence electrons. The lowest BCUT2D eigenvalue weighted by molar-refractivity contribution is -0.137. The van der Waals surface area contributed by atoms with Gasteiger partial charge in [0.15, 0.2) is 0 Å². The van der Waals surface area contributed by atoms with Gasteiger partial charge in [-0.15, -0.1) is 0 Å². The zero-order chi connectivity index (χ0) is 14.8. The van der Waals surface area contributed by atoms with E-state index in [4.69, 9.17) is 0 Å². The van der Waals surface area contributed by atoms with Gasteiger partial charge in [0.2, 0.25) is 0 Å². The lowest BCUT2D eigenvalue weighted by Crippen LogP contribution is -2.05. The summed E-state index contributed by atoms with van der Waals surface area (Å²) in [6.07, 6.45) is -4.44. The number of aliphatic hydroxyl groups is 1. The standard InChI is InChI=1S/C14H10F4OS/c15-11-3-5-12(6-4-11)20-13-7-10(14(16,17)18)2-1-9(13)8-19/h1-7,19H,8H2.